The van der Waals surface area contributed by atoms with Gasteiger partial charge in [0.05, 0.1) is 0 Å². The molecule has 6 nitrogen and oxygen atoms in total. The van der Waals surface area contributed by atoms with Crippen LogP contribution in [0, 0.1) is 6.92 Å². The lowest BCUT2D eigenvalue weighted by molar-refractivity contribution is -0.116. The van der Waals surface area contributed by atoms with E-state index in [1.807, 2.05) is 13.0 Å². The van der Waals surface area contributed by atoms with E-state index in [9.17, 15) is 4.79 Å². The largest absolute Gasteiger partial charge is 0.356 e. The third kappa shape index (κ3) is 7.15. The zero-order valence-corrected chi connectivity index (χ0v) is 16.1. The molecular weight excluding hydrogens is 405 g/mol. The second kappa shape index (κ2) is 10.4. The maximum Gasteiger partial charge on any atom is 0.227 e. The Morgan fingerprint density at radius 2 is 2.09 bits per heavy atom. The Hall–Kier alpha value is -1.38. The van der Waals surface area contributed by atoms with Gasteiger partial charge >= 0.3 is 0 Å². The number of nitrogens with one attached hydrogen (secondary N) is 3. The predicted octanol–water partition coefficient (Wildman–Crippen LogP) is 2.44. The molecule has 128 valence electrons. The standard InChI is InChI=1S/C16H25N5O.HI/c1-12-7-8-14(19-11-12)21-15(22)9-10-18-16(17-2)20-13-5-3-4-6-13;/h7-8,11,13H,3-6,9-10H2,1-2H3,(H2,17,18,20)(H,19,21,22);1H. The minimum atomic E-state index is -0.0554. The van der Waals surface area contributed by atoms with Crippen molar-refractivity contribution in [3.63, 3.8) is 0 Å². The molecule has 1 saturated carbocycles. The van der Waals surface area contributed by atoms with Crippen molar-refractivity contribution in [2.24, 2.45) is 4.99 Å². The van der Waals surface area contributed by atoms with E-state index in [2.05, 4.69) is 25.9 Å². The molecule has 0 spiro atoms. The number of amides is 1. The number of hydrogen-bond acceptors (Lipinski definition) is 3. The van der Waals surface area contributed by atoms with Gasteiger partial charge in [-0.25, -0.2) is 4.98 Å². The molecular formula is C16H26IN5O. The number of carbonyl (C=O) groups excluding carboxylic acids is 1. The summed E-state index contributed by atoms with van der Waals surface area (Å²) in [6.07, 6.45) is 7.06. The summed E-state index contributed by atoms with van der Waals surface area (Å²) in [4.78, 5) is 20.2. The van der Waals surface area contributed by atoms with Gasteiger partial charge in [0.1, 0.15) is 5.82 Å². The summed E-state index contributed by atoms with van der Waals surface area (Å²) >= 11 is 0. The van der Waals surface area contributed by atoms with Crippen LogP contribution in [0.25, 0.3) is 0 Å². The van der Waals surface area contributed by atoms with Crippen molar-refractivity contribution in [3.8, 4) is 0 Å². The second-order valence-electron chi connectivity index (χ2n) is 5.64. The highest BCUT2D eigenvalue weighted by Crippen LogP contribution is 2.17. The molecule has 1 amide bonds. The first-order chi connectivity index (χ1) is 10.7. The summed E-state index contributed by atoms with van der Waals surface area (Å²) in [5, 5.41) is 9.35. The molecule has 1 aliphatic rings. The van der Waals surface area contributed by atoms with Crippen molar-refractivity contribution >= 4 is 41.7 Å². The number of aliphatic imine (C=N–C) groups is 1. The van der Waals surface area contributed by atoms with Crippen molar-refractivity contribution in [2.75, 3.05) is 18.9 Å². The first kappa shape index (κ1) is 19.7. The van der Waals surface area contributed by atoms with Gasteiger partial charge in [-0.2, -0.15) is 0 Å². The molecule has 0 unspecified atom stereocenters. The van der Waals surface area contributed by atoms with Crippen LogP contribution in [0.4, 0.5) is 5.82 Å². The monoisotopic (exact) mass is 431 g/mol. The maximum atomic E-state index is 11.9. The fourth-order valence-electron chi connectivity index (χ4n) is 2.50. The highest BCUT2D eigenvalue weighted by atomic mass is 127. The van der Waals surface area contributed by atoms with Crippen LogP contribution in [0.3, 0.4) is 0 Å². The van der Waals surface area contributed by atoms with Gasteiger partial charge in [0.2, 0.25) is 5.91 Å². The molecule has 0 atom stereocenters. The number of carbonyl (C=O) groups is 1. The second-order valence-corrected chi connectivity index (χ2v) is 5.64. The van der Waals surface area contributed by atoms with E-state index in [4.69, 9.17) is 0 Å². The fraction of sp³-hybridized carbons (Fsp3) is 0.562. The van der Waals surface area contributed by atoms with Gasteiger partial charge in [0.15, 0.2) is 5.96 Å². The molecule has 0 bridgehead atoms. The quantitative estimate of drug-likeness (QED) is 0.380. The molecule has 2 rings (SSSR count). The molecule has 1 fully saturated rings. The van der Waals surface area contributed by atoms with E-state index in [0.29, 0.717) is 24.8 Å². The summed E-state index contributed by atoms with van der Waals surface area (Å²) in [5.41, 5.74) is 1.07. The lowest BCUT2D eigenvalue weighted by Gasteiger charge is -2.16. The average molecular weight is 431 g/mol. The lowest BCUT2D eigenvalue weighted by Crippen LogP contribution is -2.43. The van der Waals surface area contributed by atoms with Gasteiger partial charge in [-0.1, -0.05) is 18.9 Å². The van der Waals surface area contributed by atoms with E-state index in [1.165, 1.54) is 25.7 Å². The minimum absolute atomic E-state index is 0. The Morgan fingerprint density at radius 3 is 2.70 bits per heavy atom. The van der Waals surface area contributed by atoms with Crippen LogP contribution < -0.4 is 16.0 Å². The van der Waals surface area contributed by atoms with Crippen LogP contribution in [0.2, 0.25) is 0 Å². The van der Waals surface area contributed by atoms with Crippen molar-refractivity contribution in [3.05, 3.63) is 23.9 Å². The Labute approximate surface area is 155 Å². The molecule has 3 N–H and O–H groups in total. The Balaban J connectivity index is 0.00000264. The SMILES string of the molecule is CN=C(NCCC(=O)Nc1ccc(C)cn1)NC1CCCC1.I. The summed E-state index contributed by atoms with van der Waals surface area (Å²) in [6.45, 7) is 2.51. The normalized spacial score (nSPS) is 15.0. The third-order valence-electron chi connectivity index (χ3n) is 3.74. The third-order valence-corrected chi connectivity index (χ3v) is 3.74. The number of aryl methyl sites for hydroxylation is 1. The first-order valence-corrected chi connectivity index (χ1v) is 7.87. The van der Waals surface area contributed by atoms with E-state index < -0.39 is 0 Å². The minimum Gasteiger partial charge on any atom is -0.356 e. The van der Waals surface area contributed by atoms with Gasteiger partial charge < -0.3 is 16.0 Å². The van der Waals surface area contributed by atoms with Crippen molar-refractivity contribution in [1.29, 1.82) is 0 Å². The number of hydrogen-bond donors (Lipinski definition) is 3. The van der Waals surface area contributed by atoms with Crippen molar-refractivity contribution < 1.29 is 4.79 Å². The predicted molar refractivity (Wildman–Crippen MR) is 104 cm³/mol. The molecule has 23 heavy (non-hydrogen) atoms. The number of rotatable bonds is 5. The number of nitrogens with zero attached hydrogens (tertiary/aromatic N) is 2. The number of aromatic nitrogens is 1. The van der Waals surface area contributed by atoms with Crippen LogP contribution >= 0.6 is 24.0 Å². The molecule has 1 aromatic heterocycles. The van der Waals surface area contributed by atoms with Gasteiger partial charge in [-0.15, -0.1) is 24.0 Å². The fourth-order valence-corrected chi connectivity index (χ4v) is 2.50. The van der Waals surface area contributed by atoms with E-state index >= 15 is 0 Å². The number of anilines is 1. The zero-order chi connectivity index (χ0) is 15.8. The highest BCUT2D eigenvalue weighted by Gasteiger charge is 2.15. The molecule has 0 aliphatic heterocycles. The molecule has 0 saturated heterocycles. The molecule has 0 aromatic carbocycles. The molecule has 1 aliphatic carbocycles. The van der Waals surface area contributed by atoms with Crippen LogP contribution in [-0.4, -0.2) is 36.5 Å². The Kier molecular flexibility index (Phi) is 8.90. The molecule has 1 heterocycles. The summed E-state index contributed by atoms with van der Waals surface area (Å²) < 4.78 is 0. The maximum absolute atomic E-state index is 11.9. The number of halogens is 1. The van der Waals surface area contributed by atoms with E-state index in [0.717, 1.165) is 11.5 Å². The van der Waals surface area contributed by atoms with Crippen LogP contribution in [0.15, 0.2) is 23.3 Å². The van der Waals surface area contributed by atoms with Crippen LogP contribution in [0.5, 0.6) is 0 Å². The van der Waals surface area contributed by atoms with Gasteiger partial charge in [0, 0.05) is 32.3 Å². The lowest BCUT2D eigenvalue weighted by atomic mass is 10.2. The Bertz CT molecular complexity index is 512. The van der Waals surface area contributed by atoms with Crippen molar-refractivity contribution in [1.82, 2.24) is 15.6 Å². The molecule has 1 aromatic rings. The van der Waals surface area contributed by atoms with E-state index in [-0.39, 0.29) is 29.9 Å². The molecule has 7 heteroatoms. The smallest absolute Gasteiger partial charge is 0.227 e. The first-order valence-electron chi connectivity index (χ1n) is 7.87. The van der Waals surface area contributed by atoms with Gasteiger partial charge in [-0.3, -0.25) is 9.79 Å². The summed E-state index contributed by atoms with van der Waals surface area (Å²) in [6, 6.07) is 4.24. The average Bonchev–Trinajstić information content (AvgIpc) is 3.01. The van der Waals surface area contributed by atoms with Crippen LogP contribution in [0.1, 0.15) is 37.7 Å². The topological polar surface area (TPSA) is 78.4 Å². The summed E-state index contributed by atoms with van der Waals surface area (Å²) in [7, 11) is 1.75. The van der Waals surface area contributed by atoms with Gasteiger partial charge in [-0.05, 0) is 31.4 Å². The summed E-state index contributed by atoms with van der Waals surface area (Å²) in [5.74, 6) is 1.30. The van der Waals surface area contributed by atoms with Gasteiger partial charge in [0.25, 0.3) is 0 Å². The Morgan fingerprint density at radius 1 is 1.35 bits per heavy atom. The molecule has 0 radical (unpaired) electrons. The highest BCUT2D eigenvalue weighted by molar-refractivity contribution is 14.0. The number of guanidine groups is 1. The van der Waals surface area contributed by atoms with E-state index in [1.54, 1.807) is 19.3 Å². The zero-order valence-electron chi connectivity index (χ0n) is 13.8. The van der Waals surface area contributed by atoms with Crippen LogP contribution in [-0.2, 0) is 4.79 Å². The van der Waals surface area contributed by atoms with Crippen molar-refractivity contribution in [2.45, 2.75) is 45.1 Å². The number of pyridine rings is 1.